The van der Waals surface area contributed by atoms with Crippen LogP contribution in [0.5, 0.6) is 0 Å². The third kappa shape index (κ3) is 72.4. The van der Waals surface area contributed by atoms with Gasteiger partial charge in [0.2, 0.25) is 0 Å². The van der Waals surface area contributed by atoms with Crippen molar-refractivity contribution in [3.05, 3.63) is 0 Å². The van der Waals surface area contributed by atoms with E-state index < -0.39 is 97.5 Å². The van der Waals surface area contributed by atoms with Crippen molar-refractivity contribution >= 4 is 39.5 Å². The normalized spacial score (nSPS) is 13.9. The zero-order valence-corrected chi connectivity index (χ0v) is 65.9. The van der Waals surface area contributed by atoms with Crippen molar-refractivity contribution in [2.45, 2.75) is 432 Å². The summed E-state index contributed by atoms with van der Waals surface area (Å²) in [5, 5.41) is 10.6. The Hall–Kier alpha value is -1.94. The highest BCUT2D eigenvalue weighted by Gasteiger charge is 2.30. The molecular weight excluding hydrogens is 1280 g/mol. The van der Waals surface area contributed by atoms with Crippen molar-refractivity contribution in [1.82, 2.24) is 0 Å². The van der Waals surface area contributed by atoms with Gasteiger partial charge in [0.25, 0.3) is 0 Å². The zero-order valence-electron chi connectivity index (χ0n) is 64.1. The van der Waals surface area contributed by atoms with Crippen LogP contribution in [-0.2, 0) is 65.4 Å². The lowest BCUT2D eigenvalue weighted by atomic mass is 10.0. The first-order valence-corrected chi connectivity index (χ1v) is 44.0. The fourth-order valence-electron chi connectivity index (χ4n) is 12.2. The molecule has 2 unspecified atom stereocenters. The average molecular weight is 1440 g/mol. The topological polar surface area (TPSA) is 237 Å². The van der Waals surface area contributed by atoms with E-state index in [1.165, 1.54) is 231 Å². The molecule has 3 N–H and O–H groups in total. The smallest absolute Gasteiger partial charge is 0.462 e. The van der Waals surface area contributed by atoms with Crippen LogP contribution >= 0.6 is 15.6 Å². The molecule has 0 bridgehead atoms. The summed E-state index contributed by atoms with van der Waals surface area (Å²) >= 11 is 0. The predicted octanol–water partition coefficient (Wildman–Crippen LogP) is 23.5. The van der Waals surface area contributed by atoms with Gasteiger partial charge < -0.3 is 33.8 Å². The molecule has 0 aromatic carbocycles. The highest BCUT2D eigenvalue weighted by atomic mass is 31.2. The Morgan fingerprint density at radius 2 is 0.469 bits per heavy atom. The van der Waals surface area contributed by atoms with Gasteiger partial charge in [-0.15, -0.1) is 0 Å². The Labute approximate surface area is 600 Å². The molecule has 0 aliphatic carbocycles. The summed E-state index contributed by atoms with van der Waals surface area (Å²) in [6.45, 7) is 9.63. The summed E-state index contributed by atoms with van der Waals surface area (Å²) in [4.78, 5) is 73.0. The van der Waals surface area contributed by atoms with Crippen molar-refractivity contribution in [2.24, 2.45) is 11.8 Å². The Balaban J connectivity index is 5.26. The fourth-order valence-corrected chi connectivity index (χ4v) is 13.8. The molecule has 0 saturated carbocycles. The van der Waals surface area contributed by atoms with Gasteiger partial charge in [0.05, 0.1) is 26.4 Å². The summed E-state index contributed by atoms with van der Waals surface area (Å²) in [6.07, 6.45) is 59.5. The monoisotopic (exact) mass is 1440 g/mol. The number of phosphoric ester groups is 2. The molecule has 0 saturated heterocycles. The standard InChI is InChI=1S/C79H154O17P2/c1-7-9-11-13-15-17-19-21-22-23-24-25-26-32-39-45-51-57-63-78(83)95-74(67-90-77(82)62-56-50-44-38-31-28-27-29-35-41-47-53-59-71(3)4)69-93-97(85,86)91-65-73(80)66-92-98(87,88)94-70-75(68-89-76(81)61-55-49-43-37-30-20-18-16-14-12-10-8-2)96-79(84)64-58-52-46-40-34-33-36-42-48-54-60-72(5)6/h71-75,80H,7-70H2,1-6H3,(H,85,86)(H,87,88)/t73-,74-,75-/m1/s1. The molecule has 0 aliphatic rings. The Kier molecular flexibility index (Phi) is 69.3. The van der Waals surface area contributed by atoms with Gasteiger partial charge in [0.15, 0.2) is 12.2 Å². The van der Waals surface area contributed by atoms with Crippen LogP contribution in [0.15, 0.2) is 0 Å². The molecule has 0 heterocycles. The van der Waals surface area contributed by atoms with E-state index >= 15 is 0 Å². The maximum absolute atomic E-state index is 13.1. The van der Waals surface area contributed by atoms with Crippen molar-refractivity contribution in [2.75, 3.05) is 39.6 Å². The fraction of sp³-hybridized carbons (Fsp3) is 0.949. The minimum atomic E-state index is -4.96. The van der Waals surface area contributed by atoms with E-state index in [1.54, 1.807) is 0 Å². The van der Waals surface area contributed by atoms with E-state index in [0.29, 0.717) is 25.7 Å². The van der Waals surface area contributed by atoms with Crippen LogP contribution in [0, 0.1) is 11.8 Å². The third-order valence-corrected chi connectivity index (χ3v) is 20.4. The van der Waals surface area contributed by atoms with E-state index in [4.69, 9.17) is 37.0 Å². The second-order valence-corrected chi connectivity index (χ2v) is 32.3. The van der Waals surface area contributed by atoms with Crippen LogP contribution in [0.2, 0.25) is 0 Å². The summed E-state index contributed by atoms with van der Waals surface area (Å²) in [6, 6.07) is 0. The van der Waals surface area contributed by atoms with Gasteiger partial charge in [0.1, 0.15) is 19.3 Å². The van der Waals surface area contributed by atoms with Gasteiger partial charge in [-0.2, -0.15) is 0 Å². The van der Waals surface area contributed by atoms with Crippen LogP contribution in [-0.4, -0.2) is 96.7 Å². The van der Waals surface area contributed by atoms with Crippen molar-refractivity contribution in [3.63, 3.8) is 0 Å². The van der Waals surface area contributed by atoms with Crippen molar-refractivity contribution in [1.29, 1.82) is 0 Å². The summed E-state index contributed by atoms with van der Waals surface area (Å²) < 4.78 is 68.7. The number of esters is 4. The number of aliphatic hydroxyl groups is 1. The number of hydrogen-bond donors (Lipinski definition) is 3. The number of carbonyl (C=O) groups is 4. The number of hydrogen-bond acceptors (Lipinski definition) is 15. The molecule has 0 aromatic heterocycles. The first-order valence-electron chi connectivity index (χ1n) is 41.0. The maximum Gasteiger partial charge on any atom is 0.472 e. The highest BCUT2D eigenvalue weighted by molar-refractivity contribution is 7.47. The van der Waals surface area contributed by atoms with Gasteiger partial charge in [-0.05, 0) is 37.5 Å². The van der Waals surface area contributed by atoms with Crippen molar-refractivity contribution in [3.8, 4) is 0 Å². The summed E-state index contributed by atoms with van der Waals surface area (Å²) in [5.74, 6) is -0.576. The van der Waals surface area contributed by atoms with E-state index in [1.807, 2.05) is 0 Å². The SMILES string of the molecule is CCCCCCCCCCCCCCCCCCCCC(=O)O[C@H](COC(=O)CCCCCCCCCCCCCCC(C)C)COP(=O)(O)OC[C@@H](O)COP(=O)(O)OC[C@@H](COC(=O)CCCCCCCCCCCCCC)OC(=O)CCCCCCCCCCCCC(C)C. The molecule has 0 amide bonds. The van der Waals surface area contributed by atoms with Gasteiger partial charge >= 0.3 is 39.5 Å². The maximum atomic E-state index is 13.1. The molecule has 0 spiro atoms. The Morgan fingerprint density at radius 3 is 0.694 bits per heavy atom. The molecule has 0 fully saturated rings. The van der Waals surface area contributed by atoms with Crippen LogP contribution in [0.25, 0.3) is 0 Å². The minimum Gasteiger partial charge on any atom is -0.462 e. The zero-order chi connectivity index (χ0) is 72.1. The van der Waals surface area contributed by atoms with Crippen molar-refractivity contribution < 1.29 is 80.2 Å². The van der Waals surface area contributed by atoms with Gasteiger partial charge in [0, 0.05) is 25.7 Å². The summed E-state index contributed by atoms with van der Waals surface area (Å²) in [7, 11) is -9.92. The lowest BCUT2D eigenvalue weighted by Gasteiger charge is -2.21. The minimum absolute atomic E-state index is 0.106. The average Bonchev–Trinajstić information content (AvgIpc) is 3.44. The van der Waals surface area contributed by atoms with E-state index in [9.17, 15) is 43.2 Å². The molecule has 98 heavy (non-hydrogen) atoms. The number of rotatable bonds is 78. The van der Waals surface area contributed by atoms with Gasteiger partial charge in [-0.3, -0.25) is 37.3 Å². The quantitative estimate of drug-likeness (QED) is 0.0222. The number of unbranched alkanes of at least 4 members (excludes halogenated alkanes) is 48. The lowest BCUT2D eigenvalue weighted by molar-refractivity contribution is -0.161. The molecule has 19 heteroatoms. The molecule has 0 aromatic rings. The molecule has 5 atom stereocenters. The Morgan fingerprint density at radius 1 is 0.276 bits per heavy atom. The molecule has 17 nitrogen and oxygen atoms in total. The third-order valence-electron chi connectivity index (χ3n) is 18.5. The first kappa shape index (κ1) is 96.1. The number of phosphoric acid groups is 2. The van der Waals surface area contributed by atoms with Crippen LogP contribution in [0.3, 0.4) is 0 Å². The van der Waals surface area contributed by atoms with Gasteiger partial charge in [-0.1, -0.05) is 363 Å². The molecule has 0 rings (SSSR count). The number of aliphatic hydroxyl groups excluding tert-OH is 1. The first-order chi connectivity index (χ1) is 47.4. The van der Waals surface area contributed by atoms with E-state index in [-0.39, 0.29) is 25.7 Å². The number of ether oxygens (including phenoxy) is 4. The lowest BCUT2D eigenvalue weighted by Crippen LogP contribution is -2.30. The van der Waals surface area contributed by atoms with E-state index in [0.717, 1.165) is 102 Å². The molecule has 0 radical (unpaired) electrons. The van der Waals surface area contributed by atoms with Crippen LogP contribution in [0.4, 0.5) is 0 Å². The van der Waals surface area contributed by atoms with Gasteiger partial charge in [-0.25, -0.2) is 9.13 Å². The highest BCUT2D eigenvalue weighted by Crippen LogP contribution is 2.45. The predicted molar refractivity (Wildman–Crippen MR) is 400 cm³/mol. The molecule has 582 valence electrons. The largest absolute Gasteiger partial charge is 0.472 e. The molecule has 0 aliphatic heterocycles. The Bertz CT molecular complexity index is 1890. The van der Waals surface area contributed by atoms with Crippen LogP contribution in [0.1, 0.15) is 414 Å². The summed E-state index contributed by atoms with van der Waals surface area (Å²) in [5.41, 5.74) is 0. The van der Waals surface area contributed by atoms with Crippen LogP contribution < -0.4 is 0 Å². The number of carbonyl (C=O) groups excluding carboxylic acids is 4. The second kappa shape index (κ2) is 70.7. The molecular formula is C79H154O17P2. The van der Waals surface area contributed by atoms with E-state index in [2.05, 4.69) is 41.5 Å². The second-order valence-electron chi connectivity index (χ2n) is 29.4.